The summed E-state index contributed by atoms with van der Waals surface area (Å²) < 4.78 is 7.52. The Hall–Kier alpha value is -2.87. The van der Waals surface area contributed by atoms with Crippen molar-refractivity contribution in [1.82, 2.24) is 24.7 Å². The van der Waals surface area contributed by atoms with Crippen LogP contribution in [0.3, 0.4) is 0 Å². The Kier molecular flexibility index (Phi) is 3.66. The fourth-order valence-corrected chi connectivity index (χ4v) is 2.70. The molecular formula is C16H10BrN5O2. The molecule has 0 spiro atoms. The van der Waals surface area contributed by atoms with E-state index in [1.54, 1.807) is 24.5 Å². The lowest BCUT2D eigenvalue weighted by atomic mass is 10.2. The van der Waals surface area contributed by atoms with Crippen molar-refractivity contribution < 1.29 is 4.52 Å². The van der Waals surface area contributed by atoms with E-state index < -0.39 is 0 Å². The number of hydrogen-bond acceptors (Lipinski definition) is 6. The molecule has 3 heterocycles. The molecule has 0 unspecified atom stereocenters. The lowest BCUT2D eigenvalue weighted by molar-refractivity contribution is 0.420. The molecule has 0 fully saturated rings. The van der Waals surface area contributed by atoms with Crippen molar-refractivity contribution in [3.63, 3.8) is 0 Å². The molecule has 0 atom stereocenters. The quantitative estimate of drug-likeness (QED) is 0.540. The highest BCUT2D eigenvalue weighted by Gasteiger charge is 2.11. The average molecular weight is 384 g/mol. The molecule has 24 heavy (non-hydrogen) atoms. The first-order valence-electron chi connectivity index (χ1n) is 7.08. The second kappa shape index (κ2) is 5.97. The molecule has 118 valence electrons. The van der Waals surface area contributed by atoms with Crippen LogP contribution in [0.25, 0.3) is 22.4 Å². The van der Waals surface area contributed by atoms with Gasteiger partial charge in [0.2, 0.25) is 0 Å². The van der Waals surface area contributed by atoms with Crippen molar-refractivity contribution in [3.05, 3.63) is 69.7 Å². The van der Waals surface area contributed by atoms with Gasteiger partial charge in [-0.25, -0.2) is 4.98 Å². The summed E-state index contributed by atoms with van der Waals surface area (Å²) in [5, 5.41) is 4.48. The fraction of sp³-hybridized carbons (Fsp3) is 0.0625. The molecule has 0 saturated carbocycles. The summed E-state index contributed by atoms with van der Waals surface area (Å²) in [6, 6.07) is 9.02. The minimum Gasteiger partial charge on any atom is -0.334 e. The van der Waals surface area contributed by atoms with Gasteiger partial charge in [0, 0.05) is 16.9 Å². The van der Waals surface area contributed by atoms with Crippen LogP contribution in [0, 0.1) is 0 Å². The molecule has 0 amide bonds. The van der Waals surface area contributed by atoms with Gasteiger partial charge in [-0.3, -0.25) is 14.3 Å². The maximum Gasteiger partial charge on any atom is 0.261 e. The zero-order chi connectivity index (χ0) is 16.5. The molecule has 0 aliphatic heterocycles. The second-order valence-electron chi connectivity index (χ2n) is 5.10. The van der Waals surface area contributed by atoms with Gasteiger partial charge in [0.05, 0.1) is 29.3 Å². The van der Waals surface area contributed by atoms with Crippen LogP contribution in [0.5, 0.6) is 0 Å². The molecule has 4 rings (SSSR count). The van der Waals surface area contributed by atoms with Gasteiger partial charge in [-0.2, -0.15) is 4.98 Å². The van der Waals surface area contributed by atoms with Crippen molar-refractivity contribution in [2.45, 2.75) is 6.54 Å². The van der Waals surface area contributed by atoms with E-state index in [0.717, 1.165) is 4.47 Å². The highest BCUT2D eigenvalue weighted by atomic mass is 79.9. The van der Waals surface area contributed by atoms with Gasteiger partial charge in [0.1, 0.15) is 0 Å². The van der Waals surface area contributed by atoms with E-state index in [1.807, 2.05) is 18.2 Å². The van der Waals surface area contributed by atoms with Gasteiger partial charge in [0.15, 0.2) is 5.82 Å². The van der Waals surface area contributed by atoms with Crippen molar-refractivity contribution >= 4 is 26.8 Å². The monoisotopic (exact) mass is 383 g/mol. The van der Waals surface area contributed by atoms with Crippen molar-refractivity contribution in [2.24, 2.45) is 0 Å². The number of para-hydroxylation sites is 1. The van der Waals surface area contributed by atoms with Crippen LogP contribution >= 0.6 is 15.9 Å². The highest BCUT2D eigenvalue weighted by molar-refractivity contribution is 9.10. The molecule has 0 aliphatic carbocycles. The van der Waals surface area contributed by atoms with Crippen LogP contribution in [0.2, 0.25) is 0 Å². The smallest absolute Gasteiger partial charge is 0.261 e. The molecule has 8 heteroatoms. The van der Waals surface area contributed by atoms with Crippen LogP contribution in [-0.2, 0) is 6.54 Å². The summed E-state index contributed by atoms with van der Waals surface area (Å²) in [7, 11) is 0. The predicted octanol–water partition coefficient (Wildman–Crippen LogP) is 2.65. The largest absolute Gasteiger partial charge is 0.334 e. The summed E-state index contributed by atoms with van der Waals surface area (Å²) >= 11 is 3.35. The second-order valence-corrected chi connectivity index (χ2v) is 6.02. The Morgan fingerprint density at radius 1 is 1.21 bits per heavy atom. The average Bonchev–Trinajstić information content (AvgIpc) is 3.06. The molecule has 4 aromatic rings. The van der Waals surface area contributed by atoms with E-state index in [-0.39, 0.29) is 12.1 Å². The van der Waals surface area contributed by atoms with Gasteiger partial charge >= 0.3 is 0 Å². The molecule has 0 N–H and O–H groups in total. The molecular weight excluding hydrogens is 374 g/mol. The topological polar surface area (TPSA) is 86.7 Å². The minimum atomic E-state index is -0.143. The third kappa shape index (κ3) is 2.71. The highest BCUT2D eigenvalue weighted by Crippen LogP contribution is 2.20. The first-order chi connectivity index (χ1) is 11.7. The van der Waals surface area contributed by atoms with Crippen LogP contribution < -0.4 is 5.56 Å². The lowest BCUT2D eigenvalue weighted by Crippen LogP contribution is -2.21. The SMILES string of the molecule is O=c1c2ccccc2ncn1Cc1noc(-c2cncc(Br)c2)n1. The lowest BCUT2D eigenvalue weighted by Gasteiger charge is -2.03. The molecule has 7 nitrogen and oxygen atoms in total. The van der Waals surface area contributed by atoms with Gasteiger partial charge in [-0.05, 0) is 34.1 Å². The minimum absolute atomic E-state index is 0.143. The Morgan fingerprint density at radius 3 is 2.96 bits per heavy atom. The number of benzene rings is 1. The van der Waals surface area contributed by atoms with E-state index in [4.69, 9.17) is 4.52 Å². The van der Waals surface area contributed by atoms with E-state index in [9.17, 15) is 4.79 Å². The van der Waals surface area contributed by atoms with Crippen LogP contribution in [0.1, 0.15) is 5.82 Å². The van der Waals surface area contributed by atoms with E-state index >= 15 is 0 Å². The molecule has 1 aromatic carbocycles. The summed E-state index contributed by atoms with van der Waals surface area (Å²) in [6.45, 7) is 0.182. The number of rotatable bonds is 3. The maximum atomic E-state index is 12.5. The molecule has 3 aromatic heterocycles. The summed E-state index contributed by atoms with van der Waals surface area (Å²) in [5.41, 5.74) is 1.22. The molecule has 0 radical (unpaired) electrons. The maximum absolute atomic E-state index is 12.5. The van der Waals surface area contributed by atoms with Gasteiger partial charge in [-0.1, -0.05) is 17.3 Å². The third-order valence-electron chi connectivity index (χ3n) is 3.46. The van der Waals surface area contributed by atoms with Crippen LogP contribution in [0.15, 0.2) is 62.8 Å². The number of halogens is 1. The molecule has 0 aliphatic rings. The summed E-state index contributed by atoms with van der Waals surface area (Å²) in [6.07, 6.45) is 4.79. The standard InChI is InChI=1S/C16H10BrN5O2/c17-11-5-10(6-18-7-11)15-20-14(21-24-15)8-22-9-19-13-4-2-1-3-12(13)16(22)23/h1-7,9H,8H2. The Balaban J connectivity index is 1.67. The zero-order valence-corrected chi connectivity index (χ0v) is 13.8. The third-order valence-corrected chi connectivity index (χ3v) is 3.90. The van der Waals surface area contributed by atoms with Gasteiger partial charge in [0.25, 0.3) is 11.4 Å². The van der Waals surface area contributed by atoms with E-state index in [0.29, 0.717) is 28.2 Å². The summed E-state index contributed by atoms with van der Waals surface area (Å²) in [5.74, 6) is 0.741. The number of pyridine rings is 1. The normalized spacial score (nSPS) is 11.0. The number of hydrogen-bond donors (Lipinski definition) is 0. The number of nitrogens with zero attached hydrogens (tertiary/aromatic N) is 5. The van der Waals surface area contributed by atoms with Crippen LogP contribution in [0.4, 0.5) is 0 Å². The Bertz CT molecular complexity index is 1090. The first kappa shape index (κ1) is 14.7. The fourth-order valence-electron chi connectivity index (χ4n) is 2.34. The van der Waals surface area contributed by atoms with Crippen molar-refractivity contribution in [3.8, 4) is 11.5 Å². The summed E-state index contributed by atoms with van der Waals surface area (Å²) in [4.78, 5) is 25.1. The van der Waals surface area contributed by atoms with Gasteiger partial charge < -0.3 is 4.52 Å². The van der Waals surface area contributed by atoms with Crippen molar-refractivity contribution in [2.75, 3.05) is 0 Å². The van der Waals surface area contributed by atoms with Crippen LogP contribution in [-0.4, -0.2) is 24.7 Å². The molecule has 0 saturated heterocycles. The predicted molar refractivity (Wildman–Crippen MR) is 90.3 cm³/mol. The zero-order valence-electron chi connectivity index (χ0n) is 12.3. The van der Waals surface area contributed by atoms with E-state index in [2.05, 4.69) is 36.0 Å². The molecule has 0 bridgehead atoms. The number of aromatic nitrogens is 5. The van der Waals surface area contributed by atoms with E-state index in [1.165, 1.54) is 10.9 Å². The van der Waals surface area contributed by atoms with Crippen molar-refractivity contribution in [1.29, 1.82) is 0 Å². The van der Waals surface area contributed by atoms with Gasteiger partial charge in [-0.15, -0.1) is 0 Å². The number of fused-ring (bicyclic) bond motifs is 1. The Morgan fingerprint density at radius 2 is 2.08 bits per heavy atom. The Labute approximate surface area is 144 Å². The first-order valence-corrected chi connectivity index (χ1v) is 7.88.